The van der Waals surface area contributed by atoms with E-state index in [9.17, 15) is 9.90 Å². The molecular formula is C17H27NO3. The fourth-order valence-electron chi connectivity index (χ4n) is 2.52. The Labute approximate surface area is 127 Å². The van der Waals surface area contributed by atoms with Crippen LogP contribution in [0.25, 0.3) is 0 Å². The Bertz CT molecular complexity index is 459. The lowest BCUT2D eigenvalue weighted by molar-refractivity contribution is -0.138. The molecule has 0 aliphatic carbocycles. The Hall–Kier alpha value is -1.39. The van der Waals surface area contributed by atoms with E-state index in [2.05, 4.69) is 12.2 Å². The van der Waals surface area contributed by atoms with Crippen molar-refractivity contribution in [3.63, 3.8) is 0 Å². The van der Waals surface area contributed by atoms with Gasteiger partial charge in [-0.3, -0.25) is 4.79 Å². The quantitative estimate of drug-likeness (QED) is 0.612. The van der Waals surface area contributed by atoms with Crippen LogP contribution in [0.15, 0.2) is 18.2 Å². The summed E-state index contributed by atoms with van der Waals surface area (Å²) in [6, 6.07) is 5.38. The van der Waals surface area contributed by atoms with E-state index in [1.807, 2.05) is 32.0 Å². The van der Waals surface area contributed by atoms with Crippen LogP contribution >= 0.6 is 0 Å². The van der Waals surface area contributed by atoms with Crippen LogP contribution in [0.3, 0.4) is 0 Å². The normalized spacial score (nSPS) is 13.9. The summed E-state index contributed by atoms with van der Waals surface area (Å²) in [5.74, 6) is -0.896. The van der Waals surface area contributed by atoms with Gasteiger partial charge in [0.2, 0.25) is 0 Å². The molecule has 0 aliphatic rings. The van der Waals surface area contributed by atoms with Crippen molar-refractivity contribution in [3.05, 3.63) is 34.9 Å². The molecule has 0 saturated heterocycles. The molecule has 0 heterocycles. The van der Waals surface area contributed by atoms with Crippen LogP contribution in [-0.2, 0) is 4.79 Å². The average Bonchev–Trinajstić information content (AvgIpc) is 2.41. The number of rotatable bonds is 9. The van der Waals surface area contributed by atoms with Crippen LogP contribution in [0.5, 0.6) is 0 Å². The summed E-state index contributed by atoms with van der Waals surface area (Å²) < 4.78 is 0. The van der Waals surface area contributed by atoms with Gasteiger partial charge >= 0.3 is 5.97 Å². The fourth-order valence-corrected chi connectivity index (χ4v) is 2.52. The fraction of sp³-hybridized carbons (Fsp3) is 0.588. The van der Waals surface area contributed by atoms with Crippen molar-refractivity contribution in [2.75, 3.05) is 6.54 Å². The van der Waals surface area contributed by atoms with Crippen LogP contribution in [0.2, 0.25) is 0 Å². The van der Waals surface area contributed by atoms with Gasteiger partial charge in [0.15, 0.2) is 0 Å². The highest BCUT2D eigenvalue weighted by Crippen LogP contribution is 2.23. The Kier molecular flexibility index (Phi) is 7.40. The molecule has 1 rings (SSSR count). The highest BCUT2D eigenvalue weighted by molar-refractivity contribution is 5.67. The molecule has 0 aliphatic heterocycles. The van der Waals surface area contributed by atoms with E-state index in [0.29, 0.717) is 0 Å². The third-order valence-electron chi connectivity index (χ3n) is 3.71. The largest absolute Gasteiger partial charge is 0.481 e. The predicted octanol–water partition coefficient (Wildman–Crippen LogP) is 2.96. The number of carbonyl (C=O) groups is 1. The number of carboxylic acids is 1. The highest BCUT2D eigenvalue weighted by atomic mass is 16.4. The third-order valence-corrected chi connectivity index (χ3v) is 3.71. The lowest BCUT2D eigenvalue weighted by Gasteiger charge is -2.24. The van der Waals surface area contributed by atoms with E-state index in [-0.39, 0.29) is 6.42 Å². The Balaban J connectivity index is 2.77. The molecule has 2 unspecified atom stereocenters. The highest BCUT2D eigenvalue weighted by Gasteiger charge is 2.24. The average molecular weight is 293 g/mol. The number of hydrogen-bond donors (Lipinski definition) is 3. The monoisotopic (exact) mass is 293 g/mol. The number of hydrogen-bond acceptors (Lipinski definition) is 3. The minimum Gasteiger partial charge on any atom is -0.481 e. The second-order valence-electron chi connectivity index (χ2n) is 5.67. The number of nitrogens with one attached hydrogen (secondary N) is 1. The molecule has 1 aromatic carbocycles. The minimum absolute atomic E-state index is 0.0827. The van der Waals surface area contributed by atoms with Gasteiger partial charge in [-0.1, -0.05) is 43.5 Å². The van der Waals surface area contributed by atoms with Crippen molar-refractivity contribution in [2.24, 2.45) is 0 Å². The number of aliphatic carboxylic acids is 1. The van der Waals surface area contributed by atoms with Crippen molar-refractivity contribution in [2.45, 2.75) is 58.6 Å². The summed E-state index contributed by atoms with van der Waals surface area (Å²) in [5.41, 5.74) is 2.93. The van der Waals surface area contributed by atoms with Gasteiger partial charge in [-0.25, -0.2) is 0 Å². The van der Waals surface area contributed by atoms with Gasteiger partial charge in [-0.2, -0.15) is 0 Å². The molecule has 1 aromatic rings. The molecule has 3 N–H and O–H groups in total. The topological polar surface area (TPSA) is 69.6 Å². The molecule has 118 valence electrons. The lowest BCUT2D eigenvalue weighted by Crippen LogP contribution is -2.37. The van der Waals surface area contributed by atoms with Crippen molar-refractivity contribution >= 4 is 5.97 Å². The Morgan fingerprint density at radius 1 is 1.29 bits per heavy atom. The van der Waals surface area contributed by atoms with Crippen LogP contribution in [0, 0.1) is 13.8 Å². The Morgan fingerprint density at radius 3 is 2.57 bits per heavy atom. The van der Waals surface area contributed by atoms with Crippen molar-refractivity contribution < 1.29 is 15.0 Å². The molecule has 4 heteroatoms. The zero-order chi connectivity index (χ0) is 15.8. The number of aryl methyl sites for hydroxylation is 2. The first kappa shape index (κ1) is 17.7. The van der Waals surface area contributed by atoms with Gasteiger partial charge in [0, 0.05) is 6.04 Å². The molecule has 21 heavy (non-hydrogen) atoms. The first-order valence-electron chi connectivity index (χ1n) is 7.66. The summed E-state index contributed by atoms with van der Waals surface area (Å²) >= 11 is 0. The van der Waals surface area contributed by atoms with Crippen LogP contribution < -0.4 is 5.32 Å². The Morgan fingerprint density at radius 2 is 2.00 bits per heavy atom. The van der Waals surface area contributed by atoms with Gasteiger partial charge in [-0.05, 0) is 37.9 Å². The second-order valence-corrected chi connectivity index (χ2v) is 5.67. The molecule has 0 bridgehead atoms. The van der Waals surface area contributed by atoms with Crippen molar-refractivity contribution in [3.8, 4) is 0 Å². The summed E-state index contributed by atoms with van der Waals surface area (Å²) in [5, 5.41) is 22.8. The molecule has 0 spiro atoms. The zero-order valence-corrected chi connectivity index (χ0v) is 13.2. The standard InChI is InChI=1S/C17H27NO3/c1-4-5-6-9-18-15(11-16(19)20)17(21)14-8-7-12(2)10-13(14)3/h7-8,10,15,17-18,21H,4-6,9,11H2,1-3H3,(H,19,20). The SMILES string of the molecule is CCCCCNC(CC(=O)O)C(O)c1ccc(C)cc1C. The van der Waals surface area contributed by atoms with Gasteiger partial charge in [-0.15, -0.1) is 0 Å². The number of aliphatic hydroxyl groups is 1. The van der Waals surface area contributed by atoms with Crippen LogP contribution in [-0.4, -0.2) is 28.8 Å². The van der Waals surface area contributed by atoms with E-state index in [4.69, 9.17) is 5.11 Å². The maximum atomic E-state index is 11.0. The van der Waals surface area contributed by atoms with Gasteiger partial charge in [0.1, 0.15) is 0 Å². The lowest BCUT2D eigenvalue weighted by atomic mass is 9.94. The molecule has 4 nitrogen and oxygen atoms in total. The predicted molar refractivity (Wildman–Crippen MR) is 84.4 cm³/mol. The van der Waals surface area contributed by atoms with Gasteiger partial charge in [0.25, 0.3) is 0 Å². The summed E-state index contributed by atoms with van der Waals surface area (Å²) in [6.07, 6.45) is 2.33. The number of aliphatic hydroxyl groups excluding tert-OH is 1. The zero-order valence-electron chi connectivity index (χ0n) is 13.2. The molecule has 2 atom stereocenters. The second kappa shape index (κ2) is 8.80. The number of benzene rings is 1. The van der Waals surface area contributed by atoms with E-state index in [1.165, 1.54) is 0 Å². The van der Waals surface area contributed by atoms with Crippen molar-refractivity contribution in [1.82, 2.24) is 5.32 Å². The van der Waals surface area contributed by atoms with Gasteiger partial charge in [0.05, 0.1) is 12.5 Å². The maximum Gasteiger partial charge on any atom is 0.305 e. The molecule has 0 saturated carbocycles. The third kappa shape index (κ3) is 5.86. The van der Waals surface area contributed by atoms with Crippen LogP contribution in [0.4, 0.5) is 0 Å². The summed E-state index contributed by atoms with van der Waals surface area (Å²) in [4.78, 5) is 11.0. The molecular weight excluding hydrogens is 266 g/mol. The smallest absolute Gasteiger partial charge is 0.305 e. The van der Waals surface area contributed by atoms with E-state index < -0.39 is 18.1 Å². The van der Waals surface area contributed by atoms with E-state index >= 15 is 0 Å². The first-order chi connectivity index (χ1) is 9.95. The van der Waals surface area contributed by atoms with Crippen molar-refractivity contribution in [1.29, 1.82) is 0 Å². The first-order valence-corrected chi connectivity index (χ1v) is 7.66. The summed E-state index contributed by atoms with van der Waals surface area (Å²) in [6.45, 7) is 6.80. The van der Waals surface area contributed by atoms with E-state index in [1.54, 1.807) is 0 Å². The van der Waals surface area contributed by atoms with Gasteiger partial charge < -0.3 is 15.5 Å². The molecule has 0 amide bonds. The van der Waals surface area contributed by atoms with E-state index in [0.717, 1.165) is 42.5 Å². The summed E-state index contributed by atoms with van der Waals surface area (Å²) in [7, 11) is 0. The maximum absolute atomic E-state index is 11.0. The minimum atomic E-state index is -0.896. The number of unbranched alkanes of at least 4 members (excludes halogenated alkanes) is 2. The molecule has 0 fully saturated rings. The molecule has 0 aromatic heterocycles. The number of carboxylic acid groups (broad SMARTS) is 1. The molecule has 0 radical (unpaired) electrons. The van der Waals surface area contributed by atoms with Crippen LogP contribution in [0.1, 0.15) is 55.4 Å².